The van der Waals surface area contributed by atoms with Gasteiger partial charge >= 0.3 is 6.01 Å². The lowest BCUT2D eigenvalue weighted by atomic mass is 9.72. The van der Waals surface area contributed by atoms with Crippen LogP contribution >= 0.6 is 0 Å². The maximum Gasteiger partial charge on any atom is 0.316 e. The van der Waals surface area contributed by atoms with Crippen LogP contribution in [-0.2, 0) is 6.54 Å². The summed E-state index contributed by atoms with van der Waals surface area (Å²) >= 11 is 0. The second-order valence-electron chi connectivity index (χ2n) is 9.05. The summed E-state index contributed by atoms with van der Waals surface area (Å²) in [7, 11) is 1.64. The average Bonchev–Trinajstić information content (AvgIpc) is 3.34. The van der Waals surface area contributed by atoms with Crippen LogP contribution in [-0.4, -0.2) is 41.7 Å². The van der Waals surface area contributed by atoms with Crippen LogP contribution < -0.4 is 14.2 Å². The van der Waals surface area contributed by atoms with Crippen molar-refractivity contribution in [2.75, 3.05) is 26.8 Å². The highest BCUT2D eigenvalue weighted by Gasteiger charge is 2.31. The summed E-state index contributed by atoms with van der Waals surface area (Å²) in [5.41, 5.74) is 2.88. The molecule has 2 aromatic carbocycles. The van der Waals surface area contributed by atoms with E-state index in [1.54, 1.807) is 19.5 Å². The highest BCUT2D eigenvalue weighted by atomic mass is 16.5. The first-order valence-corrected chi connectivity index (χ1v) is 11.8. The lowest BCUT2D eigenvalue weighted by molar-refractivity contribution is 0.149. The van der Waals surface area contributed by atoms with E-state index in [0.717, 1.165) is 25.1 Å². The van der Waals surface area contributed by atoms with Gasteiger partial charge in [-0.15, -0.1) is 0 Å². The first-order chi connectivity index (χ1) is 16.2. The molecule has 1 aliphatic carbocycles. The van der Waals surface area contributed by atoms with Crippen LogP contribution in [0.1, 0.15) is 42.7 Å². The first-order valence-electron chi connectivity index (χ1n) is 11.8. The van der Waals surface area contributed by atoms with Crippen molar-refractivity contribution in [3.63, 3.8) is 0 Å². The largest absolute Gasteiger partial charge is 0.497 e. The van der Waals surface area contributed by atoms with E-state index in [4.69, 9.17) is 14.2 Å². The Balaban J connectivity index is 1.04. The van der Waals surface area contributed by atoms with Crippen molar-refractivity contribution < 1.29 is 14.2 Å². The number of methoxy groups -OCH3 is 1. The van der Waals surface area contributed by atoms with Gasteiger partial charge in [-0.2, -0.15) is 9.97 Å². The van der Waals surface area contributed by atoms with E-state index in [0.29, 0.717) is 36.0 Å². The molecule has 0 N–H and O–H groups in total. The number of aromatic nitrogens is 2. The second-order valence-corrected chi connectivity index (χ2v) is 9.05. The van der Waals surface area contributed by atoms with Crippen LogP contribution in [0, 0.1) is 5.92 Å². The number of ether oxygens (including phenoxy) is 3. The predicted molar refractivity (Wildman–Crippen MR) is 127 cm³/mol. The Morgan fingerprint density at radius 3 is 2.18 bits per heavy atom. The van der Waals surface area contributed by atoms with Gasteiger partial charge in [-0.3, -0.25) is 4.90 Å². The maximum absolute atomic E-state index is 5.82. The third-order valence-corrected chi connectivity index (χ3v) is 6.64. The van der Waals surface area contributed by atoms with E-state index in [2.05, 4.69) is 39.1 Å². The Labute approximate surface area is 195 Å². The molecule has 0 spiro atoms. The lowest BCUT2D eigenvalue weighted by Crippen LogP contribution is -2.27. The average molecular weight is 446 g/mol. The van der Waals surface area contributed by atoms with Gasteiger partial charge in [0.05, 0.1) is 26.1 Å². The zero-order chi connectivity index (χ0) is 22.5. The van der Waals surface area contributed by atoms with Crippen LogP contribution in [0.5, 0.6) is 23.3 Å². The van der Waals surface area contributed by atoms with Gasteiger partial charge in [0, 0.05) is 6.54 Å². The summed E-state index contributed by atoms with van der Waals surface area (Å²) in [4.78, 5) is 11.1. The summed E-state index contributed by atoms with van der Waals surface area (Å²) in [6, 6.07) is 17.0. The van der Waals surface area contributed by atoms with Crippen LogP contribution in [0.25, 0.3) is 0 Å². The summed E-state index contributed by atoms with van der Waals surface area (Å²) < 4.78 is 16.7. The molecule has 33 heavy (non-hydrogen) atoms. The Morgan fingerprint density at radius 2 is 1.52 bits per heavy atom. The number of nitrogens with zero attached hydrogens (tertiary/aromatic N) is 3. The maximum atomic E-state index is 5.82. The molecule has 0 bridgehead atoms. The van der Waals surface area contributed by atoms with Gasteiger partial charge in [0.25, 0.3) is 0 Å². The molecule has 2 fully saturated rings. The highest BCUT2D eigenvalue weighted by molar-refractivity contribution is 5.34. The van der Waals surface area contributed by atoms with E-state index in [1.165, 1.54) is 37.1 Å². The summed E-state index contributed by atoms with van der Waals surface area (Å²) in [5, 5.41) is 0. The Hall–Kier alpha value is -3.12. The van der Waals surface area contributed by atoms with E-state index < -0.39 is 0 Å². The van der Waals surface area contributed by atoms with E-state index >= 15 is 0 Å². The molecule has 0 amide bonds. The summed E-state index contributed by atoms with van der Waals surface area (Å²) in [6.07, 6.45) is 8.28. The van der Waals surface area contributed by atoms with Gasteiger partial charge in [0.1, 0.15) is 11.5 Å². The highest BCUT2D eigenvalue weighted by Crippen LogP contribution is 2.41. The molecule has 1 saturated heterocycles. The normalized spacial score (nSPS) is 20.3. The first kappa shape index (κ1) is 21.7. The van der Waals surface area contributed by atoms with Gasteiger partial charge in [0.2, 0.25) is 0 Å². The molecular formula is C27H31N3O3. The van der Waals surface area contributed by atoms with Crippen molar-refractivity contribution in [2.45, 2.75) is 38.1 Å². The summed E-state index contributed by atoms with van der Waals surface area (Å²) in [6.45, 7) is 4.23. The number of hydrogen-bond acceptors (Lipinski definition) is 6. The number of hydrogen-bond donors (Lipinski definition) is 0. The quantitative estimate of drug-likeness (QED) is 0.437. The van der Waals surface area contributed by atoms with E-state index in [-0.39, 0.29) is 0 Å². The number of benzene rings is 2. The smallest absolute Gasteiger partial charge is 0.316 e. The molecule has 6 nitrogen and oxygen atoms in total. The molecule has 1 aliphatic heterocycles. The molecule has 1 aromatic heterocycles. The van der Waals surface area contributed by atoms with Gasteiger partial charge < -0.3 is 14.2 Å². The van der Waals surface area contributed by atoms with Crippen LogP contribution in [0.3, 0.4) is 0 Å². The second kappa shape index (κ2) is 10.2. The third kappa shape index (κ3) is 5.63. The van der Waals surface area contributed by atoms with Crippen molar-refractivity contribution in [3.8, 4) is 23.3 Å². The van der Waals surface area contributed by atoms with Gasteiger partial charge in [-0.25, -0.2) is 0 Å². The van der Waals surface area contributed by atoms with Crippen molar-refractivity contribution in [2.24, 2.45) is 5.92 Å². The SMILES string of the molecule is COc1ccc(Oc2cnc(OCC3CC(c4ccc(CN5CCCC5)cc4)C3)nc2)cc1. The van der Waals surface area contributed by atoms with E-state index in [1.807, 2.05) is 24.3 Å². The minimum atomic E-state index is 0.395. The molecule has 3 aromatic rings. The van der Waals surface area contributed by atoms with Crippen LogP contribution in [0.15, 0.2) is 60.9 Å². The monoisotopic (exact) mass is 445 g/mol. The zero-order valence-corrected chi connectivity index (χ0v) is 19.2. The predicted octanol–water partition coefficient (Wildman–Crippen LogP) is 5.45. The minimum Gasteiger partial charge on any atom is -0.497 e. The number of likely N-dealkylation sites (tertiary alicyclic amines) is 1. The van der Waals surface area contributed by atoms with Crippen LogP contribution in [0.4, 0.5) is 0 Å². The zero-order valence-electron chi connectivity index (χ0n) is 19.2. The van der Waals surface area contributed by atoms with Gasteiger partial charge in [0.15, 0.2) is 5.75 Å². The molecular weight excluding hydrogens is 414 g/mol. The van der Waals surface area contributed by atoms with Gasteiger partial charge in [-0.1, -0.05) is 24.3 Å². The standard InChI is InChI=1S/C27H31N3O3/c1-31-24-8-10-25(11-9-24)33-26-16-28-27(29-17-26)32-19-21-14-23(15-21)22-6-4-20(5-7-22)18-30-12-2-3-13-30/h4-11,16-17,21,23H,2-3,12-15,18-19H2,1H3. The molecule has 1 saturated carbocycles. The van der Waals surface area contributed by atoms with Crippen molar-refractivity contribution in [3.05, 3.63) is 72.1 Å². The molecule has 5 rings (SSSR count). The molecule has 6 heteroatoms. The van der Waals surface area contributed by atoms with Crippen molar-refractivity contribution in [1.82, 2.24) is 14.9 Å². The van der Waals surface area contributed by atoms with E-state index in [9.17, 15) is 0 Å². The fourth-order valence-electron chi connectivity index (χ4n) is 4.64. The molecule has 2 aliphatic rings. The Kier molecular flexibility index (Phi) is 6.72. The molecule has 0 radical (unpaired) electrons. The van der Waals surface area contributed by atoms with Gasteiger partial charge in [-0.05, 0) is 86.0 Å². The fourth-order valence-corrected chi connectivity index (χ4v) is 4.64. The Morgan fingerprint density at radius 1 is 0.848 bits per heavy atom. The summed E-state index contributed by atoms with van der Waals surface area (Å²) in [5.74, 6) is 3.26. The molecule has 0 unspecified atom stereocenters. The topological polar surface area (TPSA) is 56.7 Å². The Bertz CT molecular complexity index is 1010. The lowest BCUT2D eigenvalue weighted by Gasteiger charge is -2.35. The van der Waals surface area contributed by atoms with Crippen molar-refractivity contribution >= 4 is 0 Å². The molecule has 0 atom stereocenters. The van der Waals surface area contributed by atoms with Crippen molar-refractivity contribution in [1.29, 1.82) is 0 Å². The molecule has 2 heterocycles. The third-order valence-electron chi connectivity index (χ3n) is 6.64. The van der Waals surface area contributed by atoms with Crippen LogP contribution in [0.2, 0.25) is 0 Å². The minimum absolute atomic E-state index is 0.395. The fraction of sp³-hybridized carbons (Fsp3) is 0.407. The number of rotatable bonds is 9. The molecule has 172 valence electrons.